The van der Waals surface area contributed by atoms with Gasteiger partial charge in [-0.15, -0.1) is 0 Å². The molecule has 0 radical (unpaired) electrons. The summed E-state index contributed by atoms with van der Waals surface area (Å²) in [4.78, 5) is 4.14. The van der Waals surface area contributed by atoms with Gasteiger partial charge in [0.1, 0.15) is 5.67 Å². The van der Waals surface area contributed by atoms with Gasteiger partial charge in [-0.3, -0.25) is 0 Å². The Labute approximate surface area is 122 Å². The van der Waals surface area contributed by atoms with Crippen molar-refractivity contribution < 1.29 is 18.4 Å². The summed E-state index contributed by atoms with van der Waals surface area (Å²) in [6.45, 7) is 3.01. The number of halogens is 1. The van der Waals surface area contributed by atoms with Gasteiger partial charge in [0.2, 0.25) is 11.7 Å². The largest absolute Gasteiger partial charge is 0.493 e. The van der Waals surface area contributed by atoms with Crippen LogP contribution in [0.15, 0.2) is 16.7 Å². The van der Waals surface area contributed by atoms with E-state index in [1.807, 2.05) is 0 Å². The van der Waals surface area contributed by atoms with E-state index in [-0.39, 0.29) is 18.3 Å². The molecule has 0 fully saturated rings. The predicted octanol–water partition coefficient (Wildman–Crippen LogP) is 2.42. The third kappa shape index (κ3) is 2.97. The van der Waals surface area contributed by atoms with Crippen LogP contribution < -0.4 is 15.2 Å². The number of hydrogen-bond donors (Lipinski definition) is 1. The van der Waals surface area contributed by atoms with E-state index in [4.69, 9.17) is 19.7 Å². The van der Waals surface area contributed by atoms with Crippen LogP contribution in [0.3, 0.4) is 0 Å². The Morgan fingerprint density at radius 1 is 1.24 bits per heavy atom. The average molecular weight is 295 g/mol. The van der Waals surface area contributed by atoms with Gasteiger partial charge >= 0.3 is 0 Å². The first-order chi connectivity index (χ1) is 9.90. The van der Waals surface area contributed by atoms with Crippen molar-refractivity contribution in [3.63, 3.8) is 0 Å². The summed E-state index contributed by atoms with van der Waals surface area (Å²) in [5.41, 5.74) is 4.69. The fraction of sp³-hybridized carbons (Fsp3) is 0.429. The number of methoxy groups -OCH3 is 2. The average Bonchev–Trinajstić information content (AvgIpc) is 2.93. The zero-order valence-electron chi connectivity index (χ0n) is 12.4. The molecule has 1 heterocycles. The number of nitrogens with zero attached hydrogens (tertiary/aromatic N) is 2. The molecule has 2 aromatic rings. The highest BCUT2D eigenvalue weighted by Gasteiger charge is 2.27. The molecular weight excluding hydrogens is 277 g/mol. The minimum Gasteiger partial charge on any atom is -0.493 e. The highest BCUT2D eigenvalue weighted by Crippen LogP contribution is 2.40. The number of rotatable bonds is 5. The number of ether oxygens (including phenoxy) is 2. The highest BCUT2D eigenvalue weighted by atomic mass is 19.1. The van der Waals surface area contributed by atoms with E-state index in [1.54, 1.807) is 12.1 Å². The number of hydrogen-bond acceptors (Lipinski definition) is 6. The molecule has 1 aromatic heterocycles. The van der Waals surface area contributed by atoms with Crippen molar-refractivity contribution >= 4 is 0 Å². The maximum absolute atomic E-state index is 14.5. The molecule has 0 aliphatic carbocycles. The van der Waals surface area contributed by atoms with E-state index >= 15 is 0 Å². The Hall–Kier alpha value is -2.15. The fourth-order valence-electron chi connectivity index (χ4n) is 2.00. The summed E-state index contributed by atoms with van der Waals surface area (Å²) in [6, 6.07) is 3.20. The number of nitrogens with two attached hydrogens (primary N) is 1. The molecule has 0 aliphatic heterocycles. The Morgan fingerprint density at radius 2 is 1.86 bits per heavy atom. The van der Waals surface area contributed by atoms with E-state index in [1.165, 1.54) is 28.1 Å². The predicted molar refractivity (Wildman–Crippen MR) is 74.9 cm³/mol. The quantitative estimate of drug-likeness (QED) is 0.912. The second-order valence-corrected chi connectivity index (χ2v) is 4.94. The molecule has 0 amide bonds. The second-order valence-electron chi connectivity index (χ2n) is 4.94. The maximum atomic E-state index is 14.5. The van der Waals surface area contributed by atoms with Crippen LogP contribution >= 0.6 is 0 Å². The minimum absolute atomic E-state index is 0.120. The van der Waals surface area contributed by atoms with Gasteiger partial charge in [0.25, 0.3) is 0 Å². The van der Waals surface area contributed by atoms with Crippen molar-refractivity contribution in [1.29, 1.82) is 0 Å². The lowest BCUT2D eigenvalue weighted by Crippen LogP contribution is -2.12. The number of benzene rings is 1. The first-order valence-electron chi connectivity index (χ1n) is 6.39. The minimum atomic E-state index is -1.61. The molecule has 0 saturated heterocycles. The van der Waals surface area contributed by atoms with Gasteiger partial charge in [0.15, 0.2) is 11.5 Å². The van der Waals surface area contributed by atoms with Crippen LogP contribution in [0, 0.1) is 0 Å². The van der Waals surface area contributed by atoms with Crippen LogP contribution in [0.5, 0.6) is 11.5 Å². The number of aromatic nitrogens is 2. The van der Waals surface area contributed by atoms with Crippen LogP contribution in [0.4, 0.5) is 4.39 Å². The zero-order valence-corrected chi connectivity index (χ0v) is 12.4. The first-order valence-corrected chi connectivity index (χ1v) is 6.39. The molecule has 2 N–H and O–H groups in total. The van der Waals surface area contributed by atoms with Gasteiger partial charge in [-0.25, -0.2) is 4.39 Å². The molecule has 0 saturated carbocycles. The molecule has 7 heteroatoms. The van der Waals surface area contributed by atoms with E-state index in [2.05, 4.69) is 10.1 Å². The van der Waals surface area contributed by atoms with Crippen LogP contribution in [0.1, 0.15) is 25.3 Å². The van der Waals surface area contributed by atoms with Crippen LogP contribution in [0.25, 0.3) is 11.4 Å². The van der Waals surface area contributed by atoms with Crippen molar-refractivity contribution in [3.8, 4) is 22.9 Å². The summed E-state index contributed by atoms with van der Waals surface area (Å²) in [5, 5.41) is 3.83. The lowest BCUT2D eigenvalue weighted by atomic mass is 9.93. The van der Waals surface area contributed by atoms with Gasteiger partial charge in [-0.2, -0.15) is 4.98 Å². The molecule has 114 valence electrons. The summed E-state index contributed by atoms with van der Waals surface area (Å²) < 4.78 is 29.9. The molecular formula is C14H18FN3O3. The Bertz CT molecular complexity index is 635. The lowest BCUT2D eigenvalue weighted by Gasteiger charge is -2.20. The Morgan fingerprint density at radius 3 is 2.33 bits per heavy atom. The molecule has 0 aliphatic rings. The second kappa shape index (κ2) is 5.69. The Balaban J connectivity index is 2.66. The summed E-state index contributed by atoms with van der Waals surface area (Å²) >= 11 is 0. The topological polar surface area (TPSA) is 83.4 Å². The SMILES string of the molecule is COc1cc(-c2noc(CN)n2)c(C(C)(C)F)cc1OC. The van der Waals surface area contributed by atoms with Gasteiger partial charge < -0.3 is 19.7 Å². The molecule has 0 spiro atoms. The first kappa shape index (κ1) is 15.2. The lowest BCUT2D eigenvalue weighted by molar-refractivity contribution is 0.221. The monoisotopic (exact) mass is 295 g/mol. The van der Waals surface area contributed by atoms with Gasteiger partial charge in [0, 0.05) is 11.1 Å². The molecule has 2 rings (SSSR count). The molecule has 0 bridgehead atoms. The van der Waals surface area contributed by atoms with Crippen LogP contribution in [0.2, 0.25) is 0 Å². The molecule has 0 unspecified atom stereocenters. The van der Waals surface area contributed by atoms with E-state index in [0.29, 0.717) is 22.6 Å². The smallest absolute Gasteiger partial charge is 0.240 e. The van der Waals surface area contributed by atoms with E-state index < -0.39 is 5.67 Å². The van der Waals surface area contributed by atoms with E-state index in [9.17, 15) is 4.39 Å². The molecule has 0 atom stereocenters. The van der Waals surface area contributed by atoms with Crippen LogP contribution in [-0.4, -0.2) is 24.4 Å². The number of alkyl halides is 1. The third-order valence-electron chi connectivity index (χ3n) is 3.05. The van der Waals surface area contributed by atoms with Crippen molar-refractivity contribution in [3.05, 3.63) is 23.6 Å². The summed E-state index contributed by atoms with van der Waals surface area (Å²) in [5.74, 6) is 1.43. The van der Waals surface area contributed by atoms with Gasteiger partial charge in [-0.1, -0.05) is 5.16 Å². The summed E-state index contributed by atoms with van der Waals surface area (Å²) in [6.07, 6.45) is 0. The third-order valence-corrected chi connectivity index (χ3v) is 3.05. The maximum Gasteiger partial charge on any atom is 0.240 e. The molecule has 6 nitrogen and oxygen atoms in total. The van der Waals surface area contributed by atoms with Gasteiger partial charge in [-0.05, 0) is 26.0 Å². The standard InChI is InChI=1S/C14H18FN3O3/c1-14(2,15)9-6-11(20-4)10(19-3)5-8(9)13-17-12(7-16)21-18-13/h5-6H,7,16H2,1-4H3. The Kier molecular flexibility index (Phi) is 4.13. The molecule has 21 heavy (non-hydrogen) atoms. The van der Waals surface area contributed by atoms with Crippen molar-refractivity contribution in [1.82, 2.24) is 10.1 Å². The van der Waals surface area contributed by atoms with E-state index in [0.717, 1.165) is 0 Å². The van der Waals surface area contributed by atoms with Crippen molar-refractivity contribution in [2.24, 2.45) is 5.73 Å². The fourth-order valence-corrected chi connectivity index (χ4v) is 2.00. The summed E-state index contributed by atoms with van der Waals surface area (Å²) in [7, 11) is 3.00. The van der Waals surface area contributed by atoms with Crippen molar-refractivity contribution in [2.75, 3.05) is 14.2 Å². The van der Waals surface area contributed by atoms with Crippen LogP contribution in [-0.2, 0) is 12.2 Å². The normalized spacial score (nSPS) is 11.5. The molecule has 1 aromatic carbocycles. The highest BCUT2D eigenvalue weighted by molar-refractivity contribution is 5.67. The van der Waals surface area contributed by atoms with Gasteiger partial charge in [0.05, 0.1) is 20.8 Å². The zero-order chi connectivity index (χ0) is 15.6. The van der Waals surface area contributed by atoms with Crippen molar-refractivity contribution in [2.45, 2.75) is 26.1 Å².